The molecule has 4 nitrogen and oxygen atoms in total. The first kappa shape index (κ1) is 10.8. The molecule has 0 aliphatic heterocycles. The molecule has 0 bridgehead atoms. The summed E-state index contributed by atoms with van der Waals surface area (Å²) in [5.74, 6) is 0.790. The molecule has 0 amide bonds. The Morgan fingerprint density at radius 1 is 1.60 bits per heavy atom. The number of oxazole rings is 1. The van der Waals surface area contributed by atoms with E-state index in [9.17, 15) is 0 Å². The van der Waals surface area contributed by atoms with Gasteiger partial charge >= 0.3 is 0 Å². The number of aryl methyl sites for hydroxylation is 2. The largest absolute Gasteiger partial charge is 0.440 e. The molecule has 0 saturated heterocycles. The molecular weight excluding hydrogens is 278 g/mol. The lowest BCUT2D eigenvalue weighted by atomic mass is 10.4. The van der Waals surface area contributed by atoms with Gasteiger partial charge in [-0.1, -0.05) is 11.8 Å². The zero-order valence-electron chi connectivity index (χ0n) is 8.40. The quantitative estimate of drug-likeness (QED) is 0.815. The molecule has 2 aromatic rings. The van der Waals surface area contributed by atoms with Crippen molar-refractivity contribution in [1.82, 2.24) is 14.8 Å². The summed E-state index contributed by atoms with van der Waals surface area (Å²) in [6.45, 7) is 1.98. The van der Waals surface area contributed by atoms with E-state index in [1.54, 1.807) is 24.2 Å². The Labute approximate surface area is 100 Å². The van der Waals surface area contributed by atoms with Gasteiger partial charge in [0.05, 0.1) is 22.1 Å². The van der Waals surface area contributed by atoms with Crippen molar-refractivity contribution in [3.05, 3.63) is 28.3 Å². The summed E-state index contributed by atoms with van der Waals surface area (Å²) >= 11 is 5.07. The minimum atomic E-state index is 0.681. The van der Waals surface area contributed by atoms with Crippen LogP contribution in [0.5, 0.6) is 0 Å². The minimum Gasteiger partial charge on any atom is -0.440 e. The molecule has 80 valence electrons. The van der Waals surface area contributed by atoms with Crippen LogP contribution >= 0.6 is 27.7 Å². The predicted octanol–water partition coefficient (Wildman–Crippen LogP) is 2.77. The summed E-state index contributed by atoms with van der Waals surface area (Å²) in [6, 6.07) is 0. The van der Waals surface area contributed by atoms with Crippen molar-refractivity contribution in [2.24, 2.45) is 7.05 Å². The maximum absolute atomic E-state index is 5.15. The van der Waals surface area contributed by atoms with Crippen LogP contribution in [0.15, 0.2) is 26.6 Å². The third kappa shape index (κ3) is 2.26. The normalized spacial score (nSPS) is 10.9. The van der Waals surface area contributed by atoms with Crippen molar-refractivity contribution in [1.29, 1.82) is 0 Å². The highest BCUT2D eigenvalue weighted by atomic mass is 79.9. The Balaban J connectivity index is 2.11. The third-order valence-electron chi connectivity index (χ3n) is 2.00. The second kappa shape index (κ2) is 4.40. The van der Waals surface area contributed by atoms with Crippen molar-refractivity contribution in [2.45, 2.75) is 17.9 Å². The van der Waals surface area contributed by atoms with E-state index in [1.807, 2.05) is 18.7 Å². The standard InChI is InChI=1S/C9H10BrN3OS/c1-6-8(10)7(13(2)12-6)5-15-9-11-3-4-14-9/h3-4H,5H2,1-2H3. The molecule has 0 N–H and O–H groups in total. The van der Waals surface area contributed by atoms with Crippen LogP contribution < -0.4 is 0 Å². The lowest BCUT2D eigenvalue weighted by molar-refractivity contribution is 0.454. The Hall–Kier alpha value is -0.750. The number of rotatable bonds is 3. The molecule has 0 spiro atoms. The zero-order chi connectivity index (χ0) is 10.8. The highest BCUT2D eigenvalue weighted by Crippen LogP contribution is 2.27. The van der Waals surface area contributed by atoms with Gasteiger partial charge in [0, 0.05) is 12.8 Å². The second-order valence-corrected chi connectivity index (χ2v) is 4.78. The molecule has 2 rings (SSSR count). The van der Waals surface area contributed by atoms with E-state index >= 15 is 0 Å². The van der Waals surface area contributed by atoms with Crippen molar-refractivity contribution in [2.75, 3.05) is 0 Å². The smallest absolute Gasteiger partial charge is 0.255 e. The highest BCUT2D eigenvalue weighted by molar-refractivity contribution is 9.10. The molecule has 0 saturated carbocycles. The SMILES string of the molecule is Cc1nn(C)c(CSc2ncco2)c1Br. The Kier molecular flexibility index (Phi) is 3.16. The van der Waals surface area contributed by atoms with Gasteiger partial charge in [0.15, 0.2) is 0 Å². The Morgan fingerprint density at radius 2 is 2.40 bits per heavy atom. The van der Waals surface area contributed by atoms with E-state index in [4.69, 9.17) is 4.42 Å². The number of thioether (sulfide) groups is 1. The summed E-state index contributed by atoms with van der Waals surface area (Å²) in [7, 11) is 1.93. The topological polar surface area (TPSA) is 43.9 Å². The molecule has 0 atom stereocenters. The Bertz CT molecular complexity index is 452. The van der Waals surface area contributed by atoms with E-state index in [1.165, 1.54) is 0 Å². The molecule has 0 unspecified atom stereocenters. The summed E-state index contributed by atoms with van der Waals surface area (Å²) in [4.78, 5) is 4.05. The summed E-state index contributed by atoms with van der Waals surface area (Å²) in [5.41, 5.74) is 2.14. The molecule has 6 heteroatoms. The van der Waals surface area contributed by atoms with E-state index < -0.39 is 0 Å². The lowest BCUT2D eigenvalue weighted by Gasteiger charge is -1.99. The highest BCUT2D eigenvalue weighted by Gasteiger charge is 2.11. The number of nitrogens with zero attached hydrogens (tertiary/aromatic N) is 3. The monoisotopic (exact) mass is 287 g/mol. The van der Waals surface area contributed by atoms with Crippen molar-refractivity contribution < 1.29 is 4.42 Å². The third-order valence-corrected chi connectivity index (χ3v) is 3.90. The van der Waals surface area contributed by atoms with E-state index in [2.05, 4.69) is 26.0 Å². The number of hydrogen-bond donors (Lipinski definition) is 0. The minimum absolute atomic E-state index is 0.681. The van der Waals surface area contributed by atoms with Gasteiger partial charge in [-0.05, 0) is 22.9 Å². The van der Waals surface area contributed by atoms with Gasteiger partial charge in [0.25, 0.3) is 5.22 Å². The first-order valence-electron chi connectivity index (χ1n) is 4.38. The van der Waals surface area contributed by atoms with Gasteiger partial charge in [0.1, 0.15) is 6.26 Å². The first-order chi connectivity index (χ1) is 7.18. The summed E-state index contributed by atoms with van der Waals surface area (Å²) < 4.78 is 8.08. The van der Waals surface area contributed by atoms with Crippen LogP contribution in [-0.4, -0.2) is 14.8 Å². The van der Waals surface area contributed by atoms with Crippen LogP contribution in [0.2, 0.25) is 0 Å². The fourth-order valence-corrected chi connectivity index (χ4v) is 2.76. The fourth-order valence-electron chi connectivity index (χ4n) is 1.25. The number of halogens is 1. The van der Waals surface area contributed by atoms with Crippen LogP contribution in [0.3, 0.4) is 0 Å². The molecule has 0 aliphatic carbocycles. The van der Waals surface area contributed by atoms with Crippen LogP contribution in [0, 0.1) is 6.92 Å². The first-order valence-corrected chi connectivity index (χ1v) is 6.16. The van der Waals surface area contributed by atoms with E-state index in [0.717, 1.165) is 21.6 Å². The van der Waals surface area contributed by atoms with Gasteiger partial charge in [-0.15, -0.1) is 0 Å². The molecule has 0 fully saturated rings. The van der Waals surface area contributed by atoms with E-state index in [0.29, 0.717) is 5.22 Å². The van der Waals surface area contributed by atoms with Gasteiger partial charge in [-0.2, -0.15) is 5.10 Å². The van der Waals surface area contributed by atoms with Crippen molar-refractivity contribution in [3.63, 3.8) is 0 Å². The maximum atomic E-state index is 5.15. The van der Waals surface area contributed by atoms with Crippen molar-refractivity contribution >= 4 is 27.7 Å². The van der Waals surface area contributed by atoms with Gasteiger partial charge < -0.3 is 4.42 Å². The van der Waals surface area contributed by atoms with Crippen molar-refractivity contribution in [3.8, 4) is 0 Å². The van der Waals surface area contributed by atoms with Crippen LogP contribution in [-0.2, 0) is 12.8 Å². The van der Waals surface area contributed by atoms with Crippen LogP contribution in [0.25, 0.3) is 0 Å². The van der Waals surface area contributed by atoms with Crippen LogP contribution in [0.1, 0.15) is 11.4 Å². The molecule has 0 radical (unpaired) electrons. The predicted molar refractivity (Wildman–Crippen MR) is 61.7 cm³/mol. The molecule has 0 aliphatic rings. The average molecular weight is 288 g/mol. The molecule has 0 aromatic carbocycles. The molecule has 15 heavy (non-hydrogen) atoms. The number of hydrogen-bond acceptors (Lipinski definition) is 4. The molecular formula is C9H10BrN3OS. The fraction of sp³-hybridized carbons (Fsp3) is 0.333. The lowest BCUT2D eigenvalue weighted by Crippen LogP contribution is -1.96. The van der Waals surface area contributed by atoms with Gasteiger partial charge in [0.2, 0.25) is 0 Å². The molecule has 2 heterocycles. The van der Waals surface area contributed by atoms with Gasteiger partial charge in [-0.25, -0.2) is 4.98 Å². The Morgan fingerprint density at radius 3 is 2.93 bits per heavy atom. The molecule has 2 aromatic heterocycles. The van der Waals surface area contributed by atoms with E-state index in [-0.39, 0.29) is 0 Å². The second-order valence-electron chi connectivity index (χ2n) is 3.06. The number of aromatic nitrogens is 3. The average Bonchev–Trinajstić information content (AvgIpc) is 2.76. The maximum Gasteiger partial charge on any atom is 0.255 e. The van der Waals surface area contributed by atoms with Gasteiger partial charge in [-0.3, -0.25) is 4.68 Å². The summed E-state index contributed by atoms with van der Waals surface area (Å²) in [5, 5.41) is 5.00. The van der Waals surface area contributed by atoms with Crippen LogP contribution in [0.4, 0.5) is 0 Å². The zero-order valence-corrected chi connectivity index (χ0v) is 10.8. The summed E-state index contributed by atoms with van der Waals surface area (Å²) in [6.07, 6.45) is 3.22.